The first-order chi connectivity index (χ1) is 9.22. The van der Waals surface area contributed by atoms with Crippen molar-refractivity contribution in [3.63, 3.8) is 0 Å². The van der Waals surface area contributed by atoms with Gasteiger partial charge in [0.25, 0.3) is 0 Å². The lowest BCUT2D eigenvalue weighted by Gasteiger charge is -2.10. The minimum atomic E-state index is 0.576. The van der Waals surface area contributed by atoms with Crippen molar-refractivity contribution in [2.75, 3.05) is 0 Å². The topological polar surface area (TPSA) is 22.2 Å². The number of aryl methyl sites for hydroxylation is 1. The molecule has 0 fully saturated rings. The maximum Gasteiger partial charge on any atom is 0.205 e. The van der Waals surface area contributed by atoms with Crippen molar-refractivity contribution in [1.82, 2.24) is 9.78 Å². The van der Waals surface area contributed by atoms with Crippen LogP contribution in [0.5, 0.6) is 0 Å². The number of aromatic nitrogens is 2. The Bertz CT molecular complexity index is 812. The standard InChI is InChI=1S/C15H10ClN3/c1-17-15-11-6-4-3-5-10(11)9-12(16)14(15)13-7-8-18-19(13)2/h3-9H,2H3. The molecule has 1 aromatic heterocycles. The molecule has 0 saturated heterocycles. The van der Waals surface area contributed by atoms with Crippen LogP contribution in [0.25, 0.3) is 26.9 Å². The maximum absolute atomic E-state index is 7.47. The number of benzene rings is 2. The van der Waals surface area contributed by atoms with Gasteiger partial charge in [0.05, 0.1) is 12.3 Å². The van der Waals surface area contributed by atoms with Gasteiger partial charge in [-0.05, 0) is 22.9 Å². The van der Waals surface area contributed by atoms with Crippen molar-refractivity contribution >= 4 is 28.1 Å². The third-order valence-electron chi connectivity index (χ3n) is 3.16. The van der Waals surface area contributed by atoms with Gasteiger partial charge in [-0.15, -0.1) is 0 Å². The molecular formula is C15H10ClN3. The lowest BCUT2D eigenvalue weighted by Crippen LogP contribution is -1.94. The first-order valence-electron chi connectivity index (χ1n) is 5.79. The fraction of sp³-hybridized carbons (Fsp3) is 0.0667. The predicted molar refractivity (Wildman–Crippen MR) is 77.4 cm³/mol. The van der Waals surface area contributed by atoms with Crippen molar-refractivity contribution in [1.29, 1.82) is 0 Å². The normalized spacial score (nSPS) is 10.6. The summed E-state index contributed by atoms with van der Waals surface area (Å²) in [7, 11) is 1.84. The molecule has 92 valence electrons. The molecule has 0 N–H and O–H groups in total. The average molecular weight is 268 g/mol. The first-order valence-corrected chi connectivity index (χ1v) is 6.17. The summed E-state index contributed by atoms with van der Waals surface area (Å²) < 4.78 is 1.73. The summed E-state index contributed by atoms with van der Waals surface area (Å²) >= 11 is 6.37. The molecule has 0 radical (unpaired) electrons. The van der Waals surface area contributed by atoms with Gasteiger partial charge >= 0.3 is 0 Å². The number of fused-ring (bicyclic) bond motifs is 1. The SMILES string of the molecule is [C-]#[N+]c1c(-c2ccnn2C)c(Cl)cc2ccccc12. The monoisotopic (exact) mass is 267 g/mol. The molecule has 0 unspecified atom stereocenters. The van der Waals surface area contributed by atoms with Crippen molar-refractivity contribution in [2.24, 2.45) is 7.05 Å². The maximum atomic E-state index is 7.47. The molecule has 0 bridgehead atoms. The number of halogens is 1. The van der Waals surface area contributed by atoms with E-state index >= 15 is 0 Å². The van der Waals surface area contributed by atoms with E-state index in [1.54, 1.807) is 10.9 Å². The zero-order chi connectivity index (χ0) is 13.4. The van der Waals surface area contributed by atoms with Crippen molar-refractivity contribution in [3.8, 4) is 11.3 Å². The highest BCUT2D eigenvalue weighted by Crippen LogP contribution is 2.42. The van der Waals surface area contributed by atoms with Crippen LogP contribution in [0.1, 0.15) is 0 Å². The molecule has 0 atom stereocenters. The van der Waals surface area contributed by atoms with E-state index in [9.17, 15) is 0 Å². The smallest absolute Gasteiger partial charge is 0.205 e. The Kier molecular flexibility index (Phi) is 2.73. The van der Waals surface area contributed by atoms with E-state index in [0.717, 1.165) is 22.0 Å². The summed E-state index contributed by atoms with van der Waals surface area (Å²) in [5.74, 6) is 0. The molecule has 0 aliphatic heterocycles. The van der Waals surface area contributed by atoms with E-state index in [0.29, 0.717) is 10.7 Å². The molecule has 0 aliphatic carbocycles. The molecule has 0 amide bonds. The lowest BCUT2D eigenvalue weighted by molar-refractivity contribution is 0.776. The molecule has 4 heteroatoms. The average Bonchev–Trinajstić information content (AvgIpc) is 2.83. The minimum absolute atomic E-state index is 0.576. The van der Waals surface area contributed by atoms with E-state index in [2.05, 4.69) is 9.94 Å². The van der Waals surface area contributed by atoms with Crippen LogP contribution in [-0.2, 0) is 7.05 Å². The highest BCUT2D eigenvalue weighted by molar-refractivity contribution is 6.35. The number of nitrogens with zero attached hydrogens (tertiary/aromatic N) is 3. The molecule has 19 heavy (non-hydrogen) atoms. The minimum Gasteiger partial charge on any atom is -0.269 e. The van der Waals surface area contributed by atoms with Gasteiger partial charge in [0.1, 0.15) is 0 Å². The van der Waals surface area contributed by atoms with Crippen LogP contribution in [0.2, 0.25) is 5.02 Å². The Morgan fingerprint density at radius 2 is 2.05 bits per heavy atom. The molecule has 0 saturated carbocycles. The Morgan fingerprint density at radius 1 is 1.26 bits per heavy atom. The van der Waals surface area contributed by atoms with Gasteiger partial charge in [-0.2, -0.15) is 5.10 Å². The van der Waals surface area contributed by atoms with Crippen molar-refractivity contribution in [2.45, 2.75) is 0 Å². The molecule has 0 aliphatic rings. The van der Waals surface area contributed by atoms with Crippen LogP contribution in [0.3, 0.4) is 0 Å². The Hall–Kier alpha value is -2.31. The second-order valence-corrected chi connectivity index (χ2v) is 4.66. The van der Waals surface area contributed by atoms with E-state index < -0.39 is 0 Å². The molecule has 0 spiro atoms. The van der Waals surface area contributed by atoms with Gasteiger partial charge in [-0.25, -0.2) is 4.85 Å². The number of hydrogen-bond donors (Lipinski definition) is 0. The van der Waals surface area contributed by atoms with Gasteiger partial charge in [-0.1, -0.05) is 35.9 Å². The van der Waals surface area contributed by atoms with Crippen molar-refractivity contribution < 1.29 is 0 Å². The van der Waals surface area contributed by atoms with Crippen LogP contribution in [0.4, 0.5) is 5.69 Å². The summed E-state index contributed by atoms with van der Waals surface area (Å²) in [6.45, 7) is 7.47. The Labute approximate surface area is 115 Å². The summed E-state index contributed by atoms with van der Waals surface area (Å²) in [6, 6.07) is 11.5. The molecule has 3 nitrogen and oxygen atoms in total. The fourth-order valence-electron chi connectivity index (χ4n) is 2.27. The van der Waals surface area contributed by atoms with E-state index in [1.807, 2.05) is 43.4 Å². The Morgan fingerprint density at radius 3 is 2.74 bits per heavy atom. The summed E-state index contributed by atoms with van der Waals surface area (Å²) in [5.41, 5.74) is 2.17. The van der Waals surface area contributed by atoms with Gasteiger partial charge in [0.15, 0.2) is 0 Å². The van der Waals surface area contributed by atoms with Gasteiger partial charge < -0.3 is 0 Å². The van der Waals surface area contributed by atoms with Crippen LogP contribution < -0.4 is 0 Å². The van der Waals surface area contributed by atoms with Crippen LogP contribution in [-0.4, -0.2) is 9.78 Å². The van der Waals surface area contributed by atoms with E-state index in [1.165, 1.54) is 0 Å². The molecule has 3 aromatic rings. The van der Waals surface area contributed by atoms with Crippen LogP contribution >= 0.6 is 11.6 Å². The number of rotatable bonds is 1. The Balaban J connectivity index is 2.46. The second kappa shape index (κ2) is 4.42. The third kappa shape index (κ3) is 1.78. The third-order valence-corrected chi connectivity index (χ3v) is 3.46. The van der Waals surface area contributed by atoms with Crippen LogP contribution in [0.15, 0.2) is 42.6 Å². The zero-order valence-corrected chi connectivity index (χ0v) is 11.0. The molecule has 3 rings (SSSR count). The number of hydrogen-bond acceptors (Lipinski definition) is 1. The largest absolute Gasteiger partial charge is 0.269 e. The molecule has 1 heterocycles. The van der Waals surface area contributed by atoms with Gasteiger partial charge in [0.2, 0.25) is 5.69 Å². The molecular weight excluding hydrogens is 258 g/mol. The quantitative estimate of drug-likeness (QED) is 0.597. The fourth-order valence-corrected chi connectivity index (χ4v) is 2.58. The summed E-state index contributed by atoms with van der Waals surface area (Å²) in [4.78, 5) is 3.68. The highest BCUT2D eigenvalue weighted by Gasteiger charge is 2.16. The van der Waals surface area contributed by atoms with Gasteiger partial charge in [-0.3, -0.25) is 4.68 Å². The van der Waals surface area contributed by atoms with Crippen molar-refractivity contribution in [3.05, 3.63) is 59.0 Å². The highest BCUT2D eigenvalue weighted by atomic mass is 35.5. The van der Waals surface area contributed by atoms with E-state index in [-0.39, 0.29) is 0 Å². The van der Waals surface area contributed by atoms with Crippen LogP contribution in [0, 0.1) is 6.57 Å². The predicted octanol–water partition coefficient (Wildman–Crippen LogP) is 4.44. The molecule has 2 aromatic carbocycles. The second-order valence-electron chi connectivity index (χ2n) is 4.25. The first kappa shape index (κ1) is 11.8. The summed E-state index contributed by atoms with van der Waals surface area (Å²) in [6.07, 6.45) is 1.70. The zero-order valence-electron chi connectivity index (χ0n) is 10.3. The van der Waals surface area contributed by atoms with Gasteiger partial charge in [0, 0.05) is 23.8 Å². The summed E-state index contributed by atoms with van der Waals surface area (Å²) in [5, 5.41) is 6.61. The van der Waals surface area contributed by atoms with E-state index in [4.69, 9.17) is 18.2 Å². The lowest BCUT2D eigenvalue weighted by atomic mass is 10.0.